The molecule has 1 N–H and O–H groups in total. The number of halogens is 1. The van der Waals surface area contributed by atoms with Gasteiger partial charge in [-0.25, -0.2) is 0 Å². The normalized spacial score (nSPS) is 14.7. The summed E-state index contributed by atoms with van der Waals surface area (Å²) >= 11 is 3.52. The predicted molar refractivity (Wildman–Crippen MR) is 85.0 cm³/mol. The first-order valence-electron chi connectivity index (χ1n) is 6.96. The second kappa shape index (κ2) is 5.98. The van der Waals surface area contributed by atoms with Crippen LogP contribution in [0.2, 0.25) is 0 Å². The zero-order valence-electron chi connectivity index (χ0n) is 11.5. The lowest BCUT2D eigenvalue weighted by Gasteiger charge is -2.15. The molecule has 0 aromatic heterocycles. The summed E-state index contributed by atoms with van der Waals surface area (Å²) in [5.41, 5.74) is 3.94. The fourth-order valence-electron chi connectivity index (χ4n) is 2.51. The fourth-order valence-corrected chi connectivity index (χ4v) is 2.93. The molecule has 2 nitrogen and oxygen atoms in total. The Morgan fingerprint density at radius 1 is 1.25 bits per heavy atom. The van der Waals surface area contributed by atoms with E-state index < -0.39 is 0 Å². The highest BCUT2D eigenvalue weighted by atomic mass is 79.9. The van der Waals surface area contributed by atoms with Gasteiger partial charge in [0.05, 0.1) is 6.61 Å². The van der Waals surface area contributed by atoms with Gasteiger partial charge in [-0.2, -0.15) is 0 Å². The van der Waals surface area contributed by atoms with Crippen LogP contribution < -0.4 is 10.1 Å². The molecule has 1 aliphatic rings. The van der Waals surface area contributed by atoms with Crippen LogP contribution in [0.4, 0.5) is 0 Å². The summed E-state index contributed by atoms with van der Waals surface area (Å²) in [5, 5.41) is 3.57. The average Bonchev–Trinajstić information content (AvgIpc) is 2.92. The predicted octanol–water partition coefficient (Wildman–Crippen LogP) is 4.23. The standard InChI is InChI=1S/C17H18BrNO/c1-12(14-3-2-4-16(18)10-14)19-11-13-5-6-17-15(9-13)7-8-20-17/h2-6,9-10,12,19H,7-8,11H2,1H3/t12-/m0/s1. The number of hydrogen-bond donors (Lipinski definition) is 1. The van der Waals surface area contributed by atoms with Crippen molar-refractivity contribution in [1.29, 1.82) is 0 Å². The molecule has 20 heavy (non-hydrogen) atoms. The summed E-state index contributed by atoms with van der Waals surface area (Å²) in [7, 11) is 0. The highest BCUT2D eigenvalue weighted by Crippen LogP contribution is 2.26. The number of hydrogen-bond acceptors (Lipinski definition) is 2. The van der Waals surface area contributed by atoms with Crippen molar-refractivity contribution in [3.8, 4) is 5.75 Å². The minimum absolute atomic E-state index is 0.331. The molecule has 0 saturated carbocycles. The minimum Gasteiger partial charge on any atom is -0.493 e. The van der Waals surface area contributed by atoms with Crippen molar-refractivity contribution < 1.29 is 4.74 Å². The first-order chi connectivity index (χ1) is 9.72. The lowest BCUT2D eigenvalue weighted by Crippen LogP contribution is -2.18. The monoisotopic (exact) mass is 331 g/mol. The Labute approximate surface area is 128 Å². The van der Waals surface area contributed by atoms with Gasteiger partial charge in [-0.05, 0) is 41.8 Å². The van der Waals surface area contributed by atoms with E-state index in [0.717, 1.165) is 29.8 Å². The molecule has 0 spiro atoms. The largest absolute Gasteiger partial charge is 0.493 e. The summed E-state index contributed by atoms with van der Waals surface area (Å²) in [6.45, 7) is 3.89. The van der Waals surface area contributed by atoms with Gasteiger partial charge >= 0.3 is 0 Å². The van der Waals surface area contributed by atoms with E-state index in [1.807, 2.05) is 0 Å². The third-order valence-electron chi connectivity index (χ3n) is 3.71. The zero-order valence-corrected chi connectivity index (χ0v) is 13.1. The summed E-state index contributed by atoms with van der Waals surface area (Å²) in [5.74, 6) is 1.05. The van der Waals surface area contributed by atoms with Crippen LogP contribution in [0.15, 0.2) is 46.9 Å². The minimum atomic E-state index is 0.331. The van der Waals surface area contributed by atoms with Crippen LogP contribution in [-0.2, 0) is 13.0 Å². The van der Waals surface area contributed by atoms with Gasteiger partial charge in [-0.15, -0.1) is 0 Å². The molecule has 1 aliphatic heterocycles. The van der Waals surface area contributed by atoms with Crippen LogP contribution in [0.5, 0.6) is 5.75 Å². The maximum Gasteiger partial charge on any atom is 0.122 e. The van der Waals surface area contributed by atoms with E-state index >= 15 is 0 Å². The van der Waals surface area contributed by atoms with Gasteiger partial charge in [0.25, 0.3) is 0 Å². The summed E-state index contributed by atoms with van der Waals surface area (Å²) in [4.78, 5) is 0. The van der Waals surface area contributed by atoms with Gasteiger partial charge < -0.3 is 10.1 Å². The molecule has 2 aromatic carbocycles. The van der Waals surface area contributed by atoms with Gasteiger partial charge in [-0.1, -0.05) is 40.2 Å². The van der Waals surface area contributed by atoms with Crippen LogP contribution in [0.1, 0.15) is 29.7 Å². The molecule has 0 unspecified atom stereocenters. The maximum absolute atomic E-state index is 5.54. The SMILES string of the molecule is C[C@H](NCc1ccc2c(c1)CCO2)c1cccc(Br)c1. The number of rotatable bonds is 4. The van der Waals surface area contributed by atoms with Gasteiger partial charge in [0, 0.05) is 23.5 Å². The Bertz CT molecular complexity index is 612. The Morgan fingerprint density at radius 2 is 2.15 bits per heavy atom. The number of benzene rings is 2. The topological polar surface area (TPSA) is 21.3 Å². The molecule has 0 amide bonds. The van der Waals surface area contributed by atoms with E-state index in [-0.39, 0.29) is 0 Å². The summed E-state index contributed by atoms with van der Waals surface area (Å²) < 4.78 is 6.66. The Hall–Kier alpha value is -1.32. The third-order valence-corrected chi connectivity index (χ3v) is 4.21. The first kappa shape index (κ1) is 13.7. The fraction of sp³-hybridized carbons (Fsp3) is 0.294. The van der Waals surface area contributed by atoms with Crippen molar-refractivity contribution in [2.24, 2.45) is 0 Å². The van der Waals surface area contributed by atoms with E-state index in [9.17, 15) is 0 Å². The number of fused-ring (bicyclic) bond motifs is 1. The van der Waals surface area contributed by atoms with Crippen molar-refractivity contribution in [1.82, 2.24) is 5.32 Å². The summed E-state index contributed by atoms with van der Waals surface area (Å²) in [6.07, 6.45) is 1.03. The van der Waals surface area contributed by atoms with E-state index in [0.29, 0.717) is 6.04 Å². The van der Waals surface area contributed by atoms with Gasteiger partial charge in [0.15, 0.2) is 0 Å². The van der Waals surface area contributed by atoms with Crippen LogP contribution in [0, 0.1) is 0 Å². The van der Waals surface area contributed by atoms with Gasteiger partial charge in [0.1, 0.15) is 5.75 Å². The molecule has 0 aliphatic carbocycles. The third kappa shape index (κ3) is 3.05. The van der Waals surface area contributed by atoms with Crippen molar-refractivity contribution in [3.05, 3.63) is 63.6 Å². The van der Waals surface area contributed by atoms with Crippen molar-refractivity contribution >= 4 is 15.9 Å². The van der Waals surface area contributed by atoms with Crippen molar-refractivity contribution in [2.75, 3.05) is 6.61 Å². The highest BCUT2D eigenvalue weighted by Gasteiger charge is 2.12. The first-order valence-corrected chi connectivity index (χ1v) is 7.75. The van der Waals surface area contributed by atoms with Crippen molar-refractivity contribution in [2.45, 2.75) is 25.9 Å². The Kier molecular flexibility index (Phi) is 4.08. The maximum atomic E-state index is 5.54. The molecule has 1 heterocycles. The molecular weight excluding hydrogens is 314 g/mol. The molecular formula is C17H18BrNO. The van der Waals surface area contributed by atoms with Gasteiger partial charge in [-0.3, -0.25) is 0 Å². The summed E-state index contributed by atoms with van der Waals surface area (Å²) in [6, 6.07) is 15.3. The molecule has 0 radical (unpaired) electrons. The highest BCUT2D eigenvalue weighted by molar-refractivity contribution is 9.10. The van der Waals surface area contributed by atoms with E-state index in [2.05, 4.69) is 70.6 Å². The van der Waals surface area contributed by atoms with E-state index in [1.165, 1.54) is 16.7 Å². The Balaban J connectivity index is 1.64. The van der Waals surface area contributed by atoms with Crippen LogP contribution in [-0.4, -0.2) is 6.61 Å². The lowest BCUT2D eigenvalue weighted by atomic mass is 10.1. The zero-order chi connectivity index (χ0) is 13.9. The number of nitrogens with one attached hydrogen (secondary N) is 1. The molecule has 0 fully saturated rings. The molecule has 1 atom stereocenters. The van der Waals surface area contributed by atoms with E-state index in [1.54, 1.807) is 0 Å². The molecule has 3 heteroatoms. The van der Waals surface area contributed by atoms with Crippen LogP contribution in [0.25, 0.3) is 0 Å². The second-order valence-electron chi connectivity index (χ2n) is 5.20. The number of ether oxygens (including phenoxy) is 1. The molecule has 3 rings (SSSR count). The average molecular weight is 332 g/mol. The molecule has 0 saturated heterocycles. The van der Waals surface area contributed by atoms with Gasteiger partial charge in [0.2, 0.25) is 0 Å². The van der Waals surface area contributed by atoms with Crippen LogP contribution >= 0.6 is 15.9 Å². The van der Waals surface area contributed by atoms with E-state index in [4.69, 9.17) is 4.74 Å². The molecule has 2 aromatic rings. The smallest absolute Gasteiger partial charge is 0.122 e. The molecule has 104 valence electrons. The Morgan fingerprint density at radius 3 is 3.00 bits per heavy atom. The molecule has 0 bridgehead atoms. The van der Waals surface area contributed by atoms with Crippen LogP contribution in [0.3, 0.4) is 0 Å². The second-order valence-corrected chi connectivity index (χ2v) is 6.11. The lowest BCUT2D eigenvalue weighted by molar-refractivity contribution is 0.357. The van der Waals surface area contributed by atoms with Crippen molar-refractivity contribution in [3.63, 3.8) is 0 Å². The quantitative estimate of drug-likeness (QED) is 0.904.